The predicted octanol–water partition coefficient (Wildman–Crippen LogP) is 5.48. The number of carbonyl (C=O) groups excluding carboxylic acids is 1. The van der Waals surface area contributed by atoms with Crippen LogP contribution in [0.25, 0.3) is 0 Å². The molecule has 138 valence electrons. The Morgan fingerprint density at radius 1 is 1.27 bits per heavy atom. The second kappa shape index (κ2) is 7.91. The molecule has 3 rings (SSSR count). The van der Waals surface area contributed by atoms with E-state index in [1.165, 1.54) is 0 Å². The number of fused-ring (bicyclic) bond motifs is 1. The standard InChI is InChI=1S/C20H22ClNO3S/c1-20(2,3)19(23)22-16-6-4-5-7-17(16)26-11-14-9-15(21)8-13-10-24-12-25-18(13)14/h4-9H,10-12H2,1-3H3,(H,22,23). The zero-order chi connectivity index (χ0) is 18.7. The average Bonchev–Trinajstić information content (AvgIpc) is 2.59. The second-order valence-electron chi connectivity index (χ2n) is 7.15. The number of nitrogens with one attached hydrogen (secondary N) is 1. The third-order valence-electron chi connectivity index (χ3n) is 3.95. The quantitative estimate of drug-likeness (QED) is 0.700. The van der Waals surface area contributed by atoms with E-state index in [-0.39, 0.29) is 12.7 Å². The molecule has 1 N–H and O–H groups in total. The van der Waals surface area contributed by atoms with E-state index in [1.807, 2.05) is 57.2 Å². The van der Waals surface area contributed by atoms with Crippen molar-refractivity contribution in [1.29, 1.82) is 0 Å². The van der Waals surface area contributed by atoms with Gasteiger partial charge in [-0.25, -0.2) is 0 Å². The van der Waals surface area contributed by atoms with Crippen LogP contribution in [0, 0.1) is 5.41 Å². The fourth-order valence-corrected chi connectivity index (χ4v) is 3.76. The van der Waals surface area contributed by atoms with E-state index in [4.69, 9.17) is 21.1 Å². The van der Waals surface area contributed by atoms with Gasteiger partial charge in [-0.1, -0.05) is 44.5 Å². The number of ether oxygens (including phenoxy) is 2. The minimum absolute atomic E-state index is 0.00818. The highest BCUT2D eigenvalue weighted by molar-refractivity contribution is 7.98. The number of rotatable bonds is 4. The van der Waals surface area contributed by atoms with Crippen LogP contribution in [0.3, 0.4) is 0 Å². The Hall–Kier alpha value is -1.69. The van der Waals surface area contributed by atoms with E-state index in [9.17, 15) is 4.79 Å². The Morgan fingerprint density at radius 3 is 2.81 bits per heavy atom. The van der Waals surface area contributed by atoms with Crippen LogP contribution in [-0.2, 0) is 21.9 Å². The lowest BCUT2D eigenvalue weighted by atomic mass is 9.95. The number of benzene rings is 2. The predicted molar refractivity (Wildman–Crippen MR) is 106 cm³/mol. The van der Waals surface area contributed by atoms with E-state index >= 15 is 0 Å². The summed E-state index contributed by atoms with van der Waals surface area (Å²) in [7, 11) is 0. The molecule has 0 radical (unpaired) electrons. The number of para-hydroxylation sites is 1. The van der Waals surface area contributed by atoms with Crippen molar-refractivity contribution in [3.63, 3.8) is 0 Å². The van der Waals surface area contributed by atoms with E-state index < -0.39 is 5.41 Å². The zero-order valence-electron chi connectivity index (χ0n) is 15.1. The molecule has 0 aliphatic carbocycles. The molecule has 0 spiro atoms. The molecule has 0 bridgehead atoms. The third kappa shape index (κ3) is 4.53. The molecule has 0 saturated heterocycles. The second-order valence-corrected chi connectivity index (χ2v) is 8.61. The summed E-state index contributed by atoms with van der Waals surface area (Å²) in [6.07, 6.45) is 0. The molecule has 0 fully saturated rings. The lowest BCUT2D eigenvalue weighted by Gasteiger charge is -2.21. The maximum absolute atomic E-state index is 12.3. The average molecular weight is 392 g/mol. The van der Waals surface area contributed by atoms with Gasteiger partial charge in [0.05, 0.1) is 12.3 Å². The summed E-state index contributed by atoms with van der Waals surface area (Å²) in [6.45, 7) is 6.46. The van der Waals surface area contributed by atoms with Gasteiger partial charge in [0, 0.05) is 32.2 Å². The Kier molecular flexibility index (Phi) is 5.80. The maximum Gasteiger partial charge on any atom is 0.229 e. The summed E-state index contributed by atoms with van der Waals surface area (Å²) >= 11 is 7.88. The van der Waals surface area contributed by atoms with Crippen molar-refractivity contribution in [2.45, 2.75) is 38.0 Å². The molecule has 1 amide bonds. The van der Waals surface area contributed by atoms with Crippen LogP contribution in [0.1, 0.15) is 31.9 Å². The summed E-state index contributed by atoms with van der Waals surface area (Å²) in [5, 5.41) is 3.69. The molecule has 0 atom stereocenters. The number of hydrogen-bond acceptors (Lipinski definition) is 4. The van der Waals surface area contributed by atoms with Gasteiger partial charge in [-0.15, -0.1) is 11.8 Å². The van der Waals surface area contributed by atoms with Crippen molar-refractivity contribution in [3.05, 3.63) is 52.5 Å². The van der Waals surface area contributed by atoms with Gasteiger partial charge in [-0.2, -0.15) is 0 Å². The Bertz CT molecular complexity index is 817. The molecular weight excluding hydrogens is 370 g/mol. The molecular formula is C20H22ClNO3S. The summed E-state index contributed by atoms with van der Waals surface area (Å²) in [4.78, 5) is 13.3. The SMILES string of the molecule is CC(C)(C)C(=O)Nc1ccccc1SCc1cc(Cl)cc2c1OCOC2. The number of carbonyl (C=O) groups is 1. The number of anilines is 1. The fraction of sp³-hybridized carbons (Fsp3) is 0.350. The molecule has 1 heterocycles. The highest BCUT2D eigenvalue weighted by Crippen LogP contribution is 2.37. The number of thioether (sulfide) groups is 1. The number of halogens is 1. The van der Waals surface area contributed by atoms with Crippen molar-refractivity contribution in [3.8, 4) is 5.75 Å². The van der Waals surface area contributed by atoms with Crippen LogP contribution in [0.4, 0.5) is 5.69 Å². The minimum Gasteiger partial charge on any atom is -0.467 e. The third-order valence-corrected chi connectivity index (χ3v) is 5.29. The van der Waals surface area contributed by atoms with Crippen LogP contribution in [-0.4, -0.2) is 12.7 Å². The van der Waals surface area contributed by atoms with Crippen molar-refractivity contribution < 1.29 is 14.3 Å². The molecule has 0 saturated carbocycles. The van der Waals surface area contributed by atoms with Crippen molar-refractivity contribution >= 4 is 35.0 Å². The van der Waals surface area contributed by atoms with Crippen molar-refractivity contribution in [2.24, 2.45) is 5.41 Å². The maximum atomic E-state index is 12.3. The summed E-state index contributed by atoms with van der Waals surface area (Å²) < 4.78 is 11.0. The van der Waals surface area contributed by atoms with Crippen LogP contribution in [0.2, 0.25) is 5.02 Å². The van der Waals surface area contributed by atoms with E-state index in [1.54, 1.807) is 11.8 Å². The van der Waals surface area contributed by atoms with Crippen LogP contribution in [0.15, 0.2) is 41.3 Å². The molecule has 1 aliphatic heterocycles. The normalized spacial score (nSPS) is 13.7. The molecule has 0 unspecified atom stereocenters. The first kappa shape index (κ1) is 19.1. The topological polar surface area (TPSA) is 47.6 Å². The lowest BCUT2D eigenvalue weighted by Crippen LogP contribution is -2.27. The van der Waals surface area contributed by atoms with Gasteiger partial charge in [0.1, 0.15) is 5.75 Å². The number of amides is 1. The van der Waals surface area contributed by atoms with Gasteiger partial charge in [-0.3, -0.25) is 4.79 Å². The van der Waals surface area contributed by atoms with E-state index in [0.29, 0.717) is 17.4 Å². The lowest BCUT2D eigenvalue weighted by molar-refractivity contribution is -0.123. The van der Waals surface area contributed by atoms with Crippen molar-refractivity contribution in [2.75, 3.05) is 12.1 Å². The van der Waals surface area contributed by atoms with Gasteiger partial charge < -0.3 is 14.8 Å². The molecule has 2 aromatic carbocycles. The van der Waals surface area contributed by atoms with Crippen LogP contribution < -0.4 is 10.1 Å². The van der Waals surface area contributed by atoms with E-state index in [2.05, 4.69) is 5.32 Å². The monoisotopic (exact) mass is 391 g/mol. The highest BCUT2D eigenvalue weighted by Gasteiger charge is 2.22. The smallest absolute Gasteiger partial charge is 0.229 e. The molecule has 0 aromatic heterocycles. The first-order valence-electron chi connectivity index (χ1n) is 8.40. The molecule has 26 heavy (non-hydrogen) atoms. The first-order valence-corrected chi connectivity index (χ1v) is 9.76. The van der Waals surface area contributed by atoms with Gasteiger partial charge >= 0.3 is 0 Å². The van der Waals surface area contributed by atoms with Gasteiger partial charge in [-0.05, 0) is 24.3 Å². The van der Waals surface area contributed by atoms with Gasteiger partial charge in [0.15, 0.2) is 6.79 Å². The van der Waals surface area contributed by atoms with Crippen LogP contribution in [0.5, 0.6) is 5.75 Å². The molecule has 6 heteroatoms. The Morgan fingerprint density at radius 2 is 2.04 bits per heavy atom. The fourth-order valence-electron chi connectivity index (χ4n) is 2.53. The Balaban J connectivity index is 1.79. The molecule has 1 aliphatic rings. The highest BCUT2D eigenvalue weighted by atomic mass is 35.5. The minimum atomic E-state index is -0.447. The molecule has 2 aromatic rings. The first-order chi connectivity index (χ1) is 12.3. The van der Waals surface area contributed by atoms with Gasteiger partial charge in [0.2, 0.25) is 5.91 Å². The summed E-state index contributed by atoms with van der Waals surface area (Å²) in [5.74, 6) is 1.53. The summed E-state index contributed by atoms with van der Waals surface area (Å²) in [5.41, 5.74) is 2.36. The number of hydrogen-bond donors (Lipinski definition) is 1. The Labute approximate surface area is 163 Å². The van der Waals surface area contributed by atoms with E-state index in [0.717, 1.165) is 27.5 Å². The van der Waals surface area contributed by atoms with Crippen LogP contribution >= 0.6 is 23.4 Å². The largest absolute Gasteiger partial charge is 0.467 e. The summed E-state index contributed by atoms with van der Waals surface area (Å²) in [6, 6.07) is 11.6. The van der Waals surface area contributed by atoms with Crippen molar-refractivity contribution in [1.82, 2.24) is 0 Å². The molecule has 4 nitrogen and oxygen atoms in total. The van der Waals surface area contributed by atoms with Gasteiger partial charge in [0.25, 0.3) is 0 Å². The zero-order valence-corrected chi connectivity index (χ0v) is 16.7.